The molecule has 4 aromatic rings. The van der Waals surface area contributed by atoms with Crippen molar-refractivity contribution in [1.82, 2.24) is 9.55 Å². The lowest BCUT2D eigenvalue weighted by atomic mass is 10.00. The van der Waals surface area contributed by atoms with Gasteiger partial charge >= 0.3 is 0 Å². The Bertz CT molecular complexity index is 1210. The molecule has 3 aromatic heterocycles. The first-order chi connectivity index (χ1) is 14.1. The van der Waals surface area contributed by atoms with Gasteiger partial charge in [-0.1, -0.05) is 12.1 Å². The summed E-state index contributed by atoms with van der Waals surface area (Å²) in [5, 5.41) is 14.3. The number of nitrogens with one attached hydrogen (secondary N) is 1. The molecule has 3 heterocycles. The third-order valence-electron chi connectivity index (χ3n) is 4.83. The molecule has 0 amide bonds. The number of aryl methyl sites for hydroxylation is 1. The Hall–Kier alpha value is -3.87. The summed E-state index contributed by atoms with van der Waals surface area (Å²) >= 11 is 0. The number of hydrogen-bond acceptors (Lipinski definition) is 6. The van der Waals surface area contributed by atoms with Crippen LogP contribution in [0.1, 0.15) is 28.6 Å². The van der Waals surface area contributed by atoms with E-state index in [0.29, 0.717) is 22.4 Å². The molecule has 4 rings (SSSR count). The molecule has 7 heteroatoms. The minimum absolute atomic E-state index is 0.0798. The van der Waals surface area contributed by atoms with Crippen LogP contribution in [0.2, 0.25) is 0 Å². The van der Waals surface area contributed by atoms with Crippen molar-refractivity contribution < 1.29 is 14.3 Å². The number of hydrogen-bond donors (Lipinski definition) is 2. The van der Waals surface area contributed by atoms with Crippen molar-refractivity contribution in [3.05, 3.63) is 88.9 Å². The number of benzene rings is 1. The Balaban J connectivity index is 1.72. The molecule has 146 valence electrons. The molecule has 0 spiro atoms. The van der Waals surface area contributed by atoms with E-state index in [2.05, 4.69) is 10.3 Å². The Morgan fingerprint density at radius 3 is 2.76 bits per heavy atom. The summed E-state index contributed by atoms with van der Waals surface area (Å²) in [7, 11) is 1.58. The first-order valence-electron chi connectivity index (χ1n) is 9.10. The van der Waals surface area contributed by atoms with Crippen LogP contribution < -0.4 is 10.9 Å². The molecule has 0 radical (unpaired) electrons. The first-order valence-corrected chi connectivity index (χ1v) is 9.10. The number of carbonyl (C=O) groups excluding carboxylic acids is 1. The fraction of sp³-hybridized carbons (Fsp3) is 0.136. The highest BCUT2D eigenvalue weighted by Crippen LogP contribution is 2.29. The van der Waals surface area contributed by atoms with E-state index in [0.717, 1.165) is 0 Å². The molecule has 0 fully saturated rings. The Morgan fingerprint density at radius 1 is 1.21 bits per heavy atom. The zero-order valence-electron chi connectivity index (χ0n) is 15.7. The van der Waals surface area contributed by atoms with E-state index in [1.54, 1.807) is 61.9 Å². The number of rotatable bonds is 6. The lowest BCUT2D eigenvalue weighted by Gasteiger charge is -2.18. The van der Waals surface area contributed by atoms with Gasteiger partial charge in [0.1, 0.15) is 17.1 Å². The third kappa shape index (κ3) is 3.50. The minimum atomic E-state index is -0.536. The number of para-hydroxylation sites is 1. The van der Waals surface area contributed by atoms with Gasteiger partial charge in [-0.3, -0.25) is 14.6 Å². The highest BCUT2D eigenvalue weighted by Gasteiger charge is 2.25. The molecule has 1 unspecified atom stereocenters. The van der Waals surface area contributed by atoms with Gasteiger partial charge in [0.2, 0.25) is 0 Å². The van der Waals surface area contributed by atoms with Gasteiger partial charge in [-0.2, -0.15) is 0 Å². The van der Waals surface area contributed by atoms with Crippen LogP contribution in [-0.2, 0) is 7.05 Å². The summed E-state index contributed by atoms with van der Waals surface area (Å²) in [5.74, 6) is -0.237. The molecule has 29 heavy (non-hydrogen) atoms. The van der Waals surface area contributed by atoms with E-state index in [1.807, 2.05) is 6.07 Å². The Morgan fingerprint density at radius 2 is 2.03 bits per heavy atom. The smallest absolute Gasteiger partial charge is 0.265 e. The van der Waals surface area contributed by atoms with Gasteiger partial charge in [-0.25, -0.2) is 0 Å². The number of fused-ring (bicyclic) bond motifs is 1. The van der Waals surface area contributed by atoms with Crippen LogP contribution in [0.5, 0.6) is 5.75 Å². The Kier molecular flexibility index (Phi) is 4.87. The summed E-state index contributed by atoms with van der Waals surface area (Å²) < 4.78 is 6.85. The molecule has 0 bridgehead atoms. The van der Waals surface area contributed by atoms with Crippen molar-refractivity contribution in [2.75, 3.05) is 5.32 Å². The Labute approximate surface area is 166 Å². The summed E-state index contributed by atoms with van der Waals surface area (Å²) in [4.78, 5) is 30.0. The number of ketones is 1. The maximum Gasteiger partial charge on any atom is 0.265 e. The van der Waals surface area contributed by atoms with Crippen molar-refractivity contribution in [2.24, 2.45) is 7.05 Å². The van der Waals surface area contributed by atoms with Crippen molar-refractivity contribution in [2.45, 2.75) is 12.5 Å². The maximum absolute atomic E-state index is 13.1. The van der Waals surface area contributed by atoms with E-state index < -0.39 is 17.4 Å². The van der Waals surface area contributed by atoms with Crippen LogP contribution in [-0.4, -0.2) is 20.4 Å². The molecular weight excluding hydrogens is 370 g/mol. The lowest BCUT2D eigenvalue weighted by molar-refractivity contribution is 0.0969. The lowest BCUT2D eigenvalue weighted by Crippen LogP contribution is -2.26. The van der Waals surface area contributed by atoms with Crippen LogP contribution in [0.4, 0.5) is 5.69 Å². The van der Waals surface area contributed by atoms with Crippen LogP contribution in [0.25, 0.3) is 10.9 Å². The zero-order valence-corrected chi connectivity index (χ0v) is 15.7. The van der Waals surface area contributed by atoms with Crippen molar-refractivity contribution >= 4 is 22.4 Å². The maximum atomic E-state index is 13.1. The van der Waals surface area contributed by atoms with Crippen LogP contribution >= 0.6 is 0 Å². The fourth-order valence-corrected chi connectivity index (χ4v) is 3.38. The highest BCUT2D eigenvalue weighted by atomic mass is 16.3. The van der Waals surface area contributed by atoms with Crippen molar-refractivity contribution in [3.63, 3.8) is 0 Å². The number of carbonyl (C=O) groups is 1. The normalized spacial score (nSPS) is 12.0. The van der Waals surface area contributed by atoms with Crippen LogP contribution in [0.3, 0.4) is 0 Å². The van der Waals surface area contributed by atoms with Gasteiger partial charge < -0.3 is 19.4 Å². The highest BCUT2D eigenvalue weighted by molar-refractivity contribution is 6.03. The largest absolute Gasteiger partial charge is 0.506 e. The second-order valence-electron chi connectivity index (χ2n) is 6.69. The van der Waals surface area contributed by atoms with Gasteiger partial charge in [0.15, 0.2) is 5.78 Å². The molecule has 7 nitrogen and oxygen atoms in total. The summed E-state index contributed by atoms with van der Waals surface area (Å²) in [6.07, 6.45) is 4.72. The van der Waals surface area contributed by atoms with E-state index in [-0.39, 0.29) is 17.7 Å². The second kappa shape index (κ2) is 7.63. The molecule has 0 aliphatic rings. The summed E-state index contributed by atoms with van der Waals surface area (Å²) in [6, 6.07) is 13.5. The van der Waals surface area contributed by atoms with E-state index in [1.165, 1.54) is 10.8 Å². The number of anilines is 1. The number of nitrogens with zero attached hydrogens (tertiary/aromatic N) is 2. The zero-order chi connectivity index (χ0) is 20.4. The number of aromatic hydroxyl groups is 1. The molecule has 0 saturated heterocycles. The molecule has 1 aromatic carbocycles. The molecule has 0 aliphatic heterocycles. The molecule has 0 aliphatic carbocycles. The monoisotopic (exact) mass is 389 g/mol. The van der Waals surface area contributed by atoms with E-state index in [9.17, 15) is 14.7 Å². The van der Waals surface area contributed by atoms with Gasteiger partial charge in [-0.05, 0) is 36.4 Å². The number of furan rings is 1. The summed E-state index contributed by atoms with van der Waals surface area (Å²) in [5.41, 5.74) is 0.501. The molecule has 0 saturated carbocycles. The average Bonchev–Trinajstić information content (AvgIpc) is 3.27. The van der Waals surface area contributed by atoms with Gasteiger partial charge in [-0.15, -0.1) is 0 Å². The molecule has 1 atom stereocenters. The van der Waals surface area contributed by atoms with Gasteiger partial charge in [0, 0.05) is 31.2 Å². The molecular formula is C22H19N3O4. The van der Waals surface area contributed by atoms with Crippen molar-refractivity contribution in [3.8, 4) is 5.75 Å². The number of aromatic nitrogens is 2. The van der Waals surface area contributed by atoms with Crippen LogP contribution in [0, 0.1) is 0 Å². The van der Waals surface area contributed by atoms with Crippen LogP contribution in [0.15, 0.2) is 76.4 Å². The van der Waals surface area contributed by atoms with Gasteiger partial charge in [0.25, 0.3) is 5.56 Å². The quantitative estimate of drug-likeness (QED) is 0.489. The standard InChI is InChI=1S/C22H19N3O4/c1-25-17-8-3-2-7-15(17)21(27)20(22(25)28)18(26)12-16(19-9-5-11-29-19)24-14-6-4-10-23-13-14/h2-11,13,16,24,27H,12H2,1H3. The van der Waals surface area contributed by atoms with Gasteiger partial charge in [0.05, 0.1) is 23.5 Å². The van der Waals surface area contributed by atoms with Crippen molar-refractivity contribution in [1.29, 1.82) is 0 Å². The summed E-state index contributed by atoms with van der Waals surface area (Å²) in [6.45, 7) is 0. The second-order valence-corrected chi connectivity index (χ2v) is 6.69. The van der Waals surface area contributed by atoms with E-state index >= 15 is 0 Å². The first kappa shape index (κ1) is 18.5. The third-order valence-corrected chi connectivity index (χ3v) is 4.83. The number of pyridine rings is 2. The minimum Gasteiger partial charge on any atom is -0.506 e. The molecule has 2 N–H and O–H groups in total. The predicted molar refractivity (Wildman–Crippen MR) is 109 cm³/mol. The average molecular weight is 389 g/mol. The SMILES string of the molecule is Cn1c(=O)c(C(=O)CC(Nc2cccnc2)c2ccco2)c(O)c2ccccc21. The topological polar surface area (TPSA) is 97.4 Å². The fourth-order valence-electron chi connectivity index (χ4n) is 3.38. The number of Topliss-reactive ketones (excluding diaryl/α,β-unsaturated/α-hetero) is 1. The van der Waals surface area contributed by atoms with E-state index in [4.69, 9.17) is 4.42 Å². The predicted octanol–water partition coefficient (Wildman–Crippen LogP) is 3.66.